The number of anilines is 2. The Morgan fingerprint density at radius 3 is 1.95 bits per heavy atom. The number of hydrogen-bond acceptors (Lipinski definition) is 8. The number of rotatable bonds is 4. The summed E-state index contributed by atoms with van der Waals surface area (Å²) in [6, 6.07) is 11.5. The van der Waals surface area contributed by atoms with Gasteiger partial charge in [0.05, 0.1) is 21.8 Å². The van der Waals surface area contributed by atoms with Gasteiger partial charge in [0, 0.05) is 11.6 Å². The van der Waals surface area contributed by atoms with Crippen LogP contribution < -0.4 is 9.37 Å². The summed E-state index contributed by atoms with van der Waals surface area (Å²) in [5, 5.41) is 13.7. The maximum absolute atomic E-state index is 13.4. The lowest BCUT2D eigenvalue weighted by atomic mass is 10.1. The van der Waals surface area contributed by atoms with Gasteiger partial charge in [-0.2, -0.15) is 4.90 Å². The van der Waals surface area contributed by atoms with Crippen LogP contribution in [0.1, 0.15) is 47.1 Å². The summed E-state index contributed by atoms with van der Waals surface area (Å²) in [4.78, 5) is 30.8. The van der Waals surface area contributed by atoms with Gasteiger partial charge in [0.15, 0.2) is 0 Å². The molecule has 0 aliphatic rings. The lowest BCUT2D eigenvalue weighted by molar-refractivity contribution is 0.0431. The monoisotopic (exact) mass is 528 g/mol. The molecule has 0 atom stereocenters. The Kier molecular flexibility index (Phi) is 7.52. The molecule has 0 N–H and O–H groups in total. The smallest absolute Gasteiger partial charge is 0.424 e. The number of sulfonamides is 1. The maximum Gasteiger partial charge on any atom is 0.424 e. The largest absolute Gasteiger partial charge is 0.744 e. The number of aryl methyl sites for hydroxylation is 1. The van der Waals surface area contributed by atoms with E-state index >= 15 is 0 Å². The first-order valence-electron chi connectivity index (χ1n) is 11.4. The summed E-state index contributed by atoms with van der Waals surface area (Å²) < 4.78 is 37.1. The maximum atomic E-state index is 13.4. The minimum atomic E-state index is -4.55. The van der Waals surface area contributed by atoms with Crippen molar-refractivity contribution in [3.05, 3.63) is 65.5 Å². The predicted molar refractivity (Wildman–Crippen MR) is 141 cm³/mol. The number of fused-ring (bicyclic) bond motifs is 1. The van der Waals surface area contributed by atoms with E-state index in [1.54, 1.807) is 72.7 Å². The second-order valence-corrected chi connectivity index (χ2v) is 12.1. The second kappa shape index (κ2) is 9.98. The molecule has 0 bridgehead atoms. The molecule has 3 rings (SSSR count). The van der Waals surface area contributed by atoms with Crippen LogP contribution in [0.25, 0.3) is 10.9 Å². The highest BCUT2D eigenvalue weighted by Crippen LogP contribution is 2.35. The van der Waals surface area contributed by atoms with E-state index < -0.39 is 33.4 Å². The van der Waals surface area contributed by atoms with Crippen LogP contribution in [0.4, 0.5) is 21.0 Å². The Balaban J connectivity index is 2.22. The number of aromatic nitrogens is 1. The predicted octanol–water partition coefficient (Wildman–Crippen LogP) is 5.91. The zero-order chi connectivity index (χ0) is 27.8. The van der Waals surface area contributed by atoms with E-state index in [2.05, 4.69) is 4.98 Å². The van der Waals surface area contributed by atoms with Crippen LogP contribution in [0.3, 0.4) is 0 Å². The number of carbonyl (C=O) groups is 2. The highest BCUT2D eigenvalue weighted by molar-refractivity contribution is 7.93. The highest BCUT2D eigenvalue weighted by Gasteiger charge is 2.34. The molecule has 1 heterocycles. The number of ether oxygens (including phenoxy) is 2. The van der Waals surface area contributed by atoms with Crippen molar-refractivity contribution in [3.8, 4) is 0 Å². The Hall–Kier alpha value is -3.70. The molecule has 0 fully saturated rings. The minimum absolute atomic E-state index is 0.0604. The molecule has 0 unspecified atom stereocenters. The Morgan fingerprint density at radius 2 is 1.43 bits per heavy atom. The number of amides is 2. The molecule has 11 heteroatoms. The standard InChI is InChI=1S/C26H30N3O7S/c1-17-10-12-20(13-11-17)37(33,34)29(32)21-16-19(15-18-9-8-14-27-22(18)21)28(23(30)35-25(2,3)4)24(31)36-26(5,6)7/h8-16H,1-7H3/q-1. The second-order valence-electron chi connectivity index (χ2n) is 10.4. The van der Waals surface area contributed by atoms with Crippen molar-refractivity contribution >= 4 is 44.5 Å². The van der Waals surface area contributed by atoms with Crippen molar-refractivity contribution in [2.45, 2.75) is 64.6 Å². The van der Waals surface area contributed by atoms with E-state index in [-0.39, 0.29) is 26.3 Å². The average molecular weight is 529 g/mol. The molecule has 37 heavy (non-hydrogen) atoms. The zero-order valence-electron chi connectivity index (χ0n) is 21.8. The number of hydrogen-bond donors (Lipinski definition) is 0. The van der Waals surface area contributed by atoms with Gasteiger partial charge in [-0.05, 0) is 78.8 Å². The molecule has 0 saturated heterocycles. The average Bonchev–Trinajstić information content (AvgIpc) is 2.76. The van der Waals surface area contributed by atoms with Gasteiger partial charge in [0.25, 0.3) is 10.0 Å². The van der Waals surface area contributed by atoms with Gasteiger partial charge in [-0.1, -0.05) is 23.8 Å². The van der Waals surface area contributed by atoms with Gasteiger partial charge in [-0.3, -0.25) is 4.98 Å². The van der Waals surface area contributed by atoms with Gasteiger partial charge in [-0.15, -0.1) is 0 Å². The van der Waals surface area contributed by atoms with Gasteiger partial charge >= 0.3 is 12.2 Å². The minimum Gasteiger partial charge on any atom is -0.744 e. The number of nitrogens with zero attached hydrogens (tertiary/aromatic N) is 3. The third kappa shape index (κ3) is 6.55. The SMILES string of the molecule is Cc1ccc(S(=O)(=O)N([O-])c2cc(N(C(=O)OC(C)(C)C)C(=O)OC(C)(C)C)cc3cccnc23)cc1. The summed E-state index contributed by atoms with van der Waals surface area (Å²) in [5.74, 6) is 0. The van der Waals surface area contributed by atoms with Crippen molar-refractivity contribution in [2.75, 3.05) is 9.37 Å². The van der Waals surface area contributed by atoms with Crippen LogP contribution in [0, 0.1) is 12.1 Å². The molecule has 0 saturated carbocycles. The van der Waals surface area contributed by atoms with Crippen molar-refractivity contribution in [1.82, 2.24) is 4.98 Å². The molecule has 2 aromatic carbocycles. The molecular formula is C26H30N3O7S-. The van der Waals surface area contributed by atoms with E-state index in [4.69, 9.17) is 9.47 Å². The third-order valence-corrected chi connectivity index (χ3v) is 6.31. The van der Waals surface area contributed by atoms with E-state index in [0.717, 1.165) is 11.6 Å². The molecular weight excluding hydrogens is 498 g/mol. The van der Waals surface area contributed by atoms with Crippen molar-refractivity contribution in [2.24, 2.45) is 0 Å². The molecule has 2 amide bonds. The third-order valence-electron chi connectivity index (χ3n) is 4.81. The van der Waals surface area contributed by atoms with Gasteiger partial charge in [0.2, 0.25) is 0 Å². The van der Waals surface area contributed by atoms with Crippen molar-refractivity contribution in [1.29, 1.82) is 0 Å². The number of carbonyl (C=O) groups excluding carboxylic acids is 2. The Morgan fingerprint density at radius 1 is 0.892 bits per heavy atom. The normalized spacial score (nSPS) is 12.2. The number of benzene rings is 2. The number of imide groups is 1. The van der Waals surface area contributed by atoms with Gasteiger partial charge in [-0.25, -0.2) is 18.0 Å². The van der Waals surface area contributed by atoms with Gasteiger partial charge < -0.3 is 19.1 Å². The summed E-state index contributed by atoms with van der Waals surface area (Å²) >= 11 is 0. The molecule has 3 aromatic rings. The van der Waals surface area contributed by atoms with Crippen molar-refractivity contribution in [3.63, 3.8) is 0 Å². The highest BCUT2D eigenvalue weighted by atomic mass is 32.2. The topological polar surface area (TPSA) is 129 Å². The lowest BCUT2D eigenvalue weighted by Crippen LogP contribution is -2.44. The van der Waals surface area contributed by atoms with E-state index in [0.29, 0.717) is 10.3 Å². The first-order chi connectivity index (χ1) is 17.0. The van der Waals surface area contributed by atoms with Crippen molar-refractivity contribution < 1.29 is 27.5 Å². The quantitative estimate of drug-likeness (QED) is 0.382. The molecule has 0 radical (unpaired) electrons. The first kappa shape index (κ1) is 27.9. The Labute approximate surface area is 216 Å². The molecule has 0 aliphatic carbocycles. The molecule has 1 aromatic heterocycles. The van der Waals surface area contributed by atoms with Crippen LogP contribution in [-0.4, -0.2) is 36.8 Å². The number of pyridine rings is 1. The van der Waals surface area contributed by atoms with Crippen LogP contribution in [0.5, 0.6) is 0 Å². The summed E-state index contributed by atoms with van der Waals surface area (Å²) in [6.45, 7) is 11.5. The van der Waals surface area contributed by atoms with E-state index in [1.807, 2.05) is 0 Å². The van der Waals surface area contributed by atoms with Crippen LogP contribution >= 0.6 is 0 Å². The zero-order valence-corrected chi connectivity index (χ0v) is 22.6. The Bertz CT molecular complexity index is 1400. The van der Waals surface area contributed by atoms with Crippen LogP contribution in [0.15, 0.2) is 59.6 Å². The molecule has 198 valence electrons. The first-order valence-corrected chi connectivity index (χ1v) is 12.9. The van der Waals surface area contributed by atoms with E-state index in [9.17, 15) is 23.2 Å². The molecule has 0 spiro atoms. The summed E-state index contributed by atoms with van der Waals surface area (Å²) in [5.41, 5.74) is -1.55. The molecule has 0 aliphatic heterocycles. The fourth-order valence-corrected chi connectivity index (χ4v) is 4.33. The van der Waals surface area contributed by atoms with E-state index in [1.165, 1.54) is 24.4 Å². The lowest BCUT2D eigenvalue weighted by Gasteiger charge is -2.32. The summed E-state index contributed by atoms with van der Waals surface area (Å²) in [6.07, 6.45) is -0.721. The van der Waals surface area contributed by atoms with Crippen LogP contribution in [-0.2, 0) is 19.5 Å². The van der Waals surface area contributed by atoms with Gasteiger partial charge in [0.1, 0.15) is 11.2 Å². The fraction of sp³-hybridized carbons (Fsp3) is 0.346. The fourth-order valence-electron chi connectivity index (χ4n) is 3.26. The molecule has 10 nitrogen and oxygen atoms in total. The summed E-state index contributed by atoms with van der Waals surface area (Å²) in [7, 11) is -4.55. The van der Waals surface area contributed by atoms with Crippen LogP contribution in [0.2, 0.25) is 0 Å².